The van der Waals surface area contributed by atoms with E-state index in [1.54, 1.807) is 13.8 Å². The highest BCUT2D eigenvalue weighted by Gasteiger charge is 2.40. The van der Waals surface area contributed by atoms with Crippen LogP contribution in [0.2, 0.25) is 0 Å². The van der Waals surface area contributed by atoms with Gasteiger partial charge in [-0.25, -0.2) is 0 Å². The third kappa shape index (κ3) is 5.28. The molecule has 124 valence electrons. The largest absolute Gasteiger partial charge is 0.459 e. The number of hydrogen-bond acceptors (Lipinski definition) is 3. The minimum atomic E-state index is -0.829. The number of carbonyl (C=O) groups excluding carboxylic acids is 1. The van der Waals surface area contributed by atoms with Gasteiger partial charge in [-0.1, -0.05) is 40.0 Å². The summed E-state index contributed by atoms with van der Waals surface area (Å²) in [4.78, 5) is 12.5. The van der Waals surface area contributed by atoms with Crippen LogP contribution < -0.4 is 0 Å². The van der Waals surface area contributed by atoms with Gasteiger partial charge in [-0.15, -0.1) is 0 Å². The van der Waals surface area contributed by atoms with Gasteiger partial charge in [0.15, 0.2) is 0 Å². The van der Waals surface area contributed by atoms with Crippen molar-refractivity contribution in [2.45, 2.75) is 97.2 Å². The molecular formula is C18H34O3. The first-order valence-electron chi connectivity index (χ1n) is 8.69. The van der Waals surface area contributed by atoms with Crippen LogP contribution in [-0.2, 0) is 9.53 Å². The number of rotatable bonds is 7. The van der Waals surface area contributed by atoms with Crippen LogP contribution >= 0.6 is 0 Å². The Morgan fingerprint density at radius 3 is 2.14 bits per heavy atom. The Labute approximate surface area is 130 Å². The maximum atomic E-state index is 12.5. The van der Waals surface area contributed by atoms with Crippen LogP contribution in [0.5, 0.6) is 0 Å². The Bertz CT molecular complexity index is 320. The molecule has 0 amide bonds. The van der Waals surface area contributed by atoms with E-state index in [1.165, 1.54) is 32.1 Å². The van der Waals surface area contributed by atoms with Crippen LogP contribution in [0.4, 0.5) is 0 Å². The molecule has 0 aliphatic heterocycles. The molecule has 3 nitrogen and oxygen atoms in total. The van der Waals surface area contributed by atoms with Crippen molar-refractivity contribution in [2.75, 3.05) is 0 Å². The molecule has 0 spiro atoms. The van der Waals surface area contributed by atoms with E-state index in [4.69, 9.17) is 4.74 Å². The van der Waals surface area contributed by atoms with E-state index in [0.717, 1.165) is 12.8 Å². The first-order valence-corrected chi connectivity index (χ1v) is 8.69. The topological polar surface area (TPSA) is 46.5 Å². The summed E-state index contributed by atoms with van der Waals surface area (Å²) in [6.45, 7) is 9.60. The Kier molecular flexibility index (Phi) is 6.71. The third-order valence-electron chi connectivity index (χ3n) is 5.06. The van der Waals surface area contributed by atoms with Crippen molar-refractivity contribution in [2.24, 2.45) is 11.8 Å². The van der Waals surface area contributed by atoms with Gasteiger partial charge in [0.25, 0.3) is 0 Å². The molecule has 0 heterocycles. The van der Waals surface area contributed by atoms with Gasteiger partial charge >= 0.3 is 5.97 Å². The van der Waals surface area contributed by atoms with E-state index < -0.39 is 5.60 Å². The van der Waals surface area contributed by atoms with E-state index >= 15 is 0 Å². The Balaban J connectivity index is 2.74. The van der Waals surface area contributed by atoms with Crippen molar-refractivity contribution in [3.05, 3.63) is 0 Å². The Morgan fingerprint density at radius 2 is 1.71 bits per heavy atom. The van der Waals surface area contributed by atoms with Crippen LogP contribution in [0, 0.1) is 11.8 Å². The van der Waals surface area contributed by atoms with Crippen molar-refractivity contribution in [3.63, 3.8) is 0 Å². The van der Waals surface area contributed by atoms with Gasteiger partial charge in [-0.05, 0) is 51.9 Å². The fraction of sp³-hybridized carbons (Fsp3) is 0.944. The molecule has 1 unspecified atom stereocenters. The smallest absolute Gasteiger partial charge is 0.309 e. The molecule has 21 heavy (non-hydrogen) atoms. The summed E-state index contributed by atoms with van der Waals surface area (Å²) in [7, 11) is 0. The lowest BCUT2D eigenvalue weighted by atomic mass is 9.74. The second-order valence-electron chi connectivity index (χ2n) is 7.45. The SMILES string of the molecule is CCC(CC)(OC(=O)C(C)CC(C)(C)O)C1CCCCC1. The van der Waals surface area contributed by atoms with E-state index in [1.807, 2.05) is 6.92 Å². The summed E-state index contributed by atoms with van der Waals surface area (Å²) in [6, 6.07) is 0. The van der Waals surface area contributed by atoms with Gasteiger partial charge in [-0.2, -0.15) is 0 Å². The lowest BCUT2D eigenvalue weighted by Gasteiger charge is -2.42. The Hall–Kier alpha value is -0.570. The summed E-state index contributed by atoms with van der Waals surface area (Å²) in [6.07, 6.45) is 8.38. The normalized spacial score (nSPS) is 19.3. The van der Waals surface area contributed by atoms with E-state index in [0.29, 0.717) is 12.3 Å². The van der Waals surface area contributed by atoms with Gasteiger partial charge in [-0.3, -0.25) is 4.79 Å². The molecule has 1 aliphatic rings. The van der Waals surface area contributed by atoms with Crippen LogP contribution in [0.15, 0.2) is 0 Å². The van der Waals surface area contributed by atoms with E-state index in [2.05, 4.69) is 13.8 Å². The molecule has 1 aliphatic carbocycles. The molecule has 0 aromatic carbocycles. The molecule has 0 saturated heterocycles. The number of hydrogen-bond donors (Lipinski definition) is 1. The maximum absolute atomic E-state index is 12.5. The lowest BCUT2D eigenvalue weighted by molar-refractivity contribution is -0.176. The summed E-state index contributed by atoms with van der Waals surface area (Å²) in [5.74, 6) is 0.0944. The highest BCUT2D eigenvalue weighted by Crippen LogP contribution is 2.40. The van der Waals surface area contributed by atoms with E-state index in [9.17, 15) is 9.90 Å². The third-order valence-corrected chi connectivity index (χ3v) is 5.06. The summed E-state index contributed by atoms with van der Waals surface area (Å²) >= 11 is 0. The first-order chi connectivity index (χ1) is 9.74. The fourth-order valence-electron chi connectivity index (χ4n) is 3.82. The average Bonchev–Trinajstić information content (AvgIpc) is 2.44. The zero-order valence-electron chi connectivity index (χ0n) is 14.6. The molecule has 1 fully saturated rings. The van der Waals surface area contributed by atoms with Crippen molar-refractivity contribution in [1.29, 1.82) is 0 Å². The van der Waals surface area contributed by atoms with E-state index in [-0.39, 0.29) is 17.5 Å². The fourth-order valence-corrected chi connectivity index (χ4v) is 3.82. The number of ether oxygens (including phenoxy) is 1. The zero-order chi connectivity index (χ0) is 16.1. The molecule has 1 atom stereocenters. The van der Waals surface area contributed by atoms with Gasteiger partial charge in [0, 0.05) is 0 Å². The number of aliphatic hydroxyl groups is 1. The van der Waals surface area contributed by atoms with Crippen LogP contribution in [0.1, 0.15) is 86.0 Å². The molecule has 0 aromatic heterocycles. The monoisotopic (exact) mass is 298 g/mol. The predicted octanol–water partition coefficient (Wildman–Crippen LogP) is 4.47. The van der Waals surface area contributed by atoms with Crippen LogP contribution in [-0.4, -0.2) is 22.3 Å². The Morgan fingerprint density at radius 1 is 1.19 bits per heavy atom. The number of carbonyl (C=O) groups is 1. The quantitative estimate of drug-likeness (QED) is 0.706. The van der Waals surface area contributed by atoms with Crippen molar-refractivity contribution < 1.29 is 14.6 Å². The molecule has 0 radical (unpaired) electrons. The highest BCUT2D eigenvalue weighted by molar-refractivity contribution is 5.72. The molecule has 3 heteroatoms. The van der Waals surface area contributed by atoms with Crippen LogP contribution in [0.25, 0.3) is 0 Å². The molecule has 1 saturated carbocycles. The lowest BCUT2D eigenvalue weighted by Crippen LogP contribution is -2.44. The van der Waals surface area contributed by atoms with Crippen molar-refractivity contribution in [1.82, 2.24) is 0 Å². The summed E-state index contributed by atoms with van der Waals surface area (Å²) in [5.41, 5.74) is -1.13. The summed E-state index contributed by atoms with van der Waals surface area (Å²) in [5, 5.41) is 9.89. The van der Waals surface area contributed by atoms with Gasteiger partial charge < -0.3 is 9.84 Å². The minimum absolute atomic E-state index is 0.147. The molecule has 1 N–H and O–H groups in total. The standard InChI is InChI=1S/C18H34O3/c1-6-18(7-2,15-11-9-8-10-12-15)21-16(19)14(3)13-17(4,5)20/h14-15,20H,6-13H2,1-5H3. The maximum Gasteiger partial charge on any atom is 0.309 e. The second-order valence-corrected chi connectivity index (χ2v) is 7.45. The molecular weight excluding hydrogens is 264 g/mol. The van der Waals surface area contributed by atoms with Crippen molar-refractivity contribution >= 4 is 5.97 Å². The zero-order valence-corrected chi connectivity index (χ0v) is 14.6. The van der Waals surface area contributed by atoms with Crippen LogP contribution in [0.3, 0.4) is 0 Å². The second kappa shape index (κ2) is 7.62. The van der Waals surface area contributed by atoms with Gasteiger partial charge in [0.2, 0.25) is 0 Å². The average molecular weight is 298 g/mol. The minimum Gasteiger partial charge on any atom is -0.459 e. The van der Waals surface area contributed by atoms with Gasteiger partial charge in [0.1, 0.15) is 5.60 Å². The molecule has 0 aromatic rings. The van der Waals surface area contributed by atoms with Crippen molar-refractivity contribution in [3.8, 4) is 0 Å². The molecule has 0 bridgehead atoms. The van der Waals surface area contributed by atoms with Gasteiger partial charge in [0.05, 0.1) is 11.5 Å². The summed E-state index contributed by atoms with van der Waals surface area (Å²) < 4.78 is 6.03. The number of esters is 1. The predicted molar refractivity (Wildman–Crippen MR) is 86.1 cm³/mol. The highest BCUT2D eigenvalue weighted by atomic mass is 16.6. The first kappa shape index (κ1) is 18.5. The molecule has 1 rings (SSSR count).